The monoisotopic (exact) mass is 850 g/mol. The molecule has 23 heteroatoms. The summed E-state index contributed by atoms with van der Waals surface area (Å²) in [6, 6.07) is 15.4. The lowest BCUT2D eigenvalue weighted by atomic mass is 9.94. The molecule has 2 aliphatic carbocycles. The highest BCUT2D eigenvalue weighted by atomic mass is 32.2. The third-order valence-corrected chi connectivity index (χ3v) is 10.9. The second kappa shape index (κ2) is 15.2. The number of Topliss-reactive ketones (excluding diaryl/α,β-unsaturated/α-hetero) is 2. The molecule has 0 bridgehead atoms. The molecule has 4 aromatic carbocycles. The number of aryl methyl sites for hydroxylation is 1. The van der Waals surface area contributed by atoms with Crippen molar-refractivity contribution in [3.63, 3.8) is 0 Å². The van der Waals surface area contributed by atoms with Gasteiger partial charge in [0.2, 0.25) is 11.6 Å². The lowest BCUT2D eigenvalue weighted by Crippen LogP contribution is -2.28. The molecular formula is C35H26N6O14S3. The van der Waals surface area contributed by atoms with Crippen molar-refractivity contribution in [3.05, 3.63) is 122 Å². The molecule has 0 spiro atoms. The number of hydrogen-bond donors (Lipinski definition) is 8. The summed E-state index contributed by atoms with van der Waals surface area (Å²) in [5.74, 6) is -3.24. The zero-order valence-electron chi connectivity index (χ0n) is 29.2. The van der Waals surface area contributed by atoms with Gasteiger partial charge in [0, 0.05) is 22.5 Å². The molecule has 4 aromatic rings. The Bertz CT molecular complexity index is 2970. The Kier molecular flexibility index (Phi) is 10.7. The van der Waals surface area contributed by atoms with Gasteiger partial charge in [-0.3, -0.25) is 34.1 Å². The van der Waals surface area contributed by atoms with Crippen LogP contribution in [0.15, 0.2) is 104 Å². The van der Waals surface area contributed by atoms with Crippen molar-refractivity contribution in [2.45, 2.75) is 11.8 Å². The van der Waals surface area contributed by atoms with Crippen molar-refractivity contribution in [1.82, 2.24) is 0 Å². The van der Waals surface area contributed by atoms with Crippen LogP contribution in [0.5, 0.6) is 0 Å². The zero-order valence-corrected chi connectivity index (χ0v) is 31.6. The molecule has 20 nitrogen and oxygen atoms in total. The molecular weight excluding hydrogens is 825 g/mol. The van der Waals surface area contributed by atoms with E-state index in [0.717, 1.165) is 24.3 Å². The minimum absolute atomic E-state index is 0.0294. The van der Waals surface area contributed by atoms with Gasteiger partial charge in [-0.05, 0) is 102 Å². The first-order chi connectivity index (χ1) is 27.1. The number of carboxylic acids is 1. The first-order valence-electron chi connectivity index (χ1n) is 16.0. The second-order valence-corrected chi connectivity index (χ2v) is 16.5. The van der Waals surface area contributed by atoms with Crippen molar-refractivity contribution in [3.8, 4) is 0 Å². The van der Waals surface area contributed by atoms with Gasteiger partial charge < -0.3 is 15.7 Å². The van der Waals surface area contributed by atoms with Crippen molar-refractivity contribution in [1.29, 1.82) is 0 Å². The Labute approximate surface area is 327 Å². The average molecular weight is 851 g/mol. The molecule has 6 rings (SSSR count). The van der Waals surface area contributed by atoms with E-state index in [1.807, 2.05) is 0 Å². The fraction of sp³-hybridized carbons (Fsp3) is 0.0286. The Morgan fingerprint density at radius 2 is 1.09 bits per heavy atom. The van der Waals surface area contributed by atoms with Crippen LogP contribution in [0.2, 0.25) is 0 Å². The number of carboxylic acid groups (broad SMARTS) is 1. The van der Waals surface area contributed by atoms with Gasteiger partial charge in [0.05, 0.1) is 21.8 Å². The van der Waals surface area contributed by atoms with E-state index in [4.69, 9.17) is 0 Å². The smallest absolute Gasteiger partial charge is 0.337 e. The standard InChI is InChI=1S/C35H26N6O14S3/c1-17-12-22(56(47,48)49)8-11-26(17)38-40-30-28(57(50,51)52)15-18-13-20(6-9-23(18)32(30)42)36-35(46)37-21-7-10-24-19(14-21)16-29(58(53,54)55)31(33(24)43)41-39-27-5-3-2-4-25(27)34(44)45/h2-16,38-39H,1H3,(H,44,45)(H2,36,37,46)(H,47,48,49)(H,50,51,52)(H,53,54,55)/b40-30-,41-31-. The van der Waals surface area contributed by atoms with Gasteiger partial charge in [-0.25, -0.2) is 9.59 Å². The van der Waals surface area contributed by atoms with E-state index in [9.17, 15) is 63.2 Å². The molecule has 0 unspecified atom stereocenters. The maximum absolute atomic E-state index is 13.4. The van der Waals surface area contributed by atoms with Crippen LogP contribution in [0.25, 0.3) is 12.2 Å². The number of amides is 2. The number of allylic oxidation sites excluding steroid dienone is 2. The van der Waals surface area contributed by atoms with Crippen LogP contribution in [0.3, 0.4) is 0 Å². The fourth-order valence-corrected chi connectivity index (χ4v) is 7.53. The fourth-order valence-electron chi connectivity index (χ4n) is 5.65. The molecule has 0 fully saturated rings. The number of para-hydroxylation sites is 1. The van der Waals surface area contributed by atoms with Crippen LogP contribution in [-0.2, 0) is 30.4 Å². The minimum Gasteiger partial charge on any atom is -0.478 e. The molecule has 2 aliphatic rings. The highest BCUT2D eigenvalue weighted by Crippen LogP contribution is 2.31. The van der Waals surface area contributed by atoms with E-state index >= 15 is 0 Å². The quantitative estimate of drug-likeness (QED) is 0.0811. The number of fused-ring (bicyclic) bond motifs is 2. The average Bonchev–Trinajstić information content (AvgIpc) is 3.13. The summed E-state index contributed by atoms with van der Waals surface area (Å²) in [6.45, 7) is 1.45. The number of nitrogens with zero attached hydrogens (tertiary/aromatic N) is 2. The maximum atomic E-state index is 13.4. The summed E-state index contributed by atoms with van der Waals surface area (Å²) >= 11 is 0. The van der Waals surface area contributed by atoms with Crippen molar-refractivity contribution >= 4 is 100 Å². The van der Waals surface area contributed by atoms with Crippen molar-refractivity contribution < 1.29 is 63.2 Å². The largest absolute Gasteiger partial charge is 0.478 e. The molecule has 298 valence electrons. The van der Waals surface area contributed by atoms with Gasteiger partial charge in [-0.2, -0.15) is 35.5 Å². The third kappa shape index (κ3) is 8.58. The number of ketones is 2. The SMILES string of the molecule is Cc1cc(S(=O)(=O)O)ccc1N/N=C1\C(=O)c2ccc(NC(=O)Nc3ccc4c(c3)C=C(S(=O)(=O)O)/C(=N/Nc3ccccc3C(=O)O)C4=O)cc2C=C1S(=O)(=O)O. The van der Waals surface area contributed by atoms with E-state index in [-0.39, 0.29) is 56.1 Å². The molecule has 0 atom stereocenters. The van der Waals surface area contributed by atoms with Crippen molar-refractivity contribution in [2.75, 3.05) is 21.5 Å². The van der Waals surface area contributed by atoms with Crippen LogP contribution in [0.4, 0.5) is 27.5 Å². The Morgan fingerprint density at radius 3 is 1.53 bits per heavy atom. The van der Waals surface area contributed by atoms with E-state index in [1.54, 1.807) is 0 Å². The van der Waals surface area contributed by atoms with Gasteiger partial charge in [0.25, 0.3) is 30.4 Å². The van der Waals surface area contributed by atoms with E-state index in [1.165, 1.54) is 73.7 Å². The number of anilines is 4. The molecule has 58 heavy (non-hydrogen) atoms. The van der Waals surface area contributed by atoms with E-state index in [0.29, 0.717) is 0 Å². The summed E-state index contributed by atoms with van der Waals surface area (Å²) in [5, 5.41) is 22.0. The number of aromatic carboxylic acids is 1. The zero-order chi connectivity index (χ0) is 42.3. The predicted octanol–water partition coefficient (Wildman–Crippen LogP) is 4.37. The lowest BCUT2D eigenvalue weighted by molar-refractivity contribution is 0.0697. The predicted molar refractivity (Wildman–Crippen MR) is 210 cm³/mol. The maximum Gasteiger partial charge on any atom is 0.337 e. The number of hydrogen-bond acceptors (Lipinski definition) is 14. The van der Waals surface area contributed by atoms with Crippen molar-refractivity contribution in [2.24, 2.45) is 10.2 Å². The van der Waals surface area contributed by atoms with Gasteiger partial charge in [0.15, 0.2) is 11.4 Å². The summed E-state index contributed by atoms with van der Waals surface area (Å²) in [7, 11) is -14.7. The van der Waals surface area contributed by atoms with Crippen LogP contribution in [0, 0.1) is 6.92 Å². The molecule has 0 aromatic heterocycles. The summed E-state index contributed by atoms with van der Waals surface area (Å²) in [5.41, 5.74) is 3.20. The van der Waals surface area contributed by atoms with E-state index in [2.05, 4.69) is 31.7 Å². The normalized spacial score (nSPS) is 15.5. The minimum atomic E-state index is -5.08. The summed E-state index contributed by atoms with van der Waals surface area (Å²) in [6.07, 6.45) is 1.85. The number of carbonyl (C=O) groups is 4. The van der Waals surface area contributed by atoms with Gasteiger partial charge in [-0.15, -0.1) is 0 Å². The summed E-state index contributed by atoms with van der Waals surface area (Å²) in [4.78, 5) is 49.1. The Morgan fingerprint density at radius 1 is 0.603 bits per heavy atom. The number of benzene rings is 4. The topological polar surface area (TPSA) is 324 Å². The van der Waals surface area contributed by atoms with Crippen LogP contribution in [0.1, 0.15) is 47.8 Å². The lowest BCUT2D eigenvalue weighted by Gasteiger charge is -2.18. The second-order valence-electron chi connectivity index (χ2n) is 12.3. The molecule has 2 amide bonds. The number of rotatable bonds is 10. The number of nitrogens with one attached hydrogen (secondary N) is 4. The molecule has 0 aliphatic heterocycles. The molecule has 0 saturated carbocycles. The summed E-state index contributed by atoms with van der Waals surface area (Å²) < 4.78 is 101. The molecule has 8 N–H and O–H groups in total. The van der Waals surface area contributed by atoms with E-state index < -0.39 is 80.1 Å². The van der Waals surface area contributed by atoms with Gasteiger partial charge >= 0.3 is 12.0 Å². The number of carbonyl (C=O) groups excluding carboxylic acids is 3. The van der Waals surface area contributed by atoms with Gasteiger partial charge in [-0.1, -0.05) is 12.1 Å². The highest BCUT2D eigenvalue weighted by molar-refractivity contribution is 7.91. The van der Waals surface area contributed by atoms with Crippen LogP contribution < -0.4 is 21.5 Å². The first-order valence-corrected chi connectivity index (χ1v) is 20.4. The van der Waals surface area contributed by atoms with Gasteiger partial charge in [0.1, 0.15) is 9.81 Å². The third-order valence-electron chi connectivity index (χ3n) is 8.36. The van der Waals surface area contributed by atoms with Crippen LogP contribution >= 0.6 is 0 Å². The molecule has 0 radical (unpaired) electrons. The number of urea groups is 1. The first kappa shape index (κ1) is 40.8. The molecule has 0 saturated heterocycles. The molecule has 0 heterocycles. The number of hydrazone groups is 2. The Hall–Kier alpha value is -6.89. The Balaban J connectivity index is 1.22. The van der Waals surface area contributed by atoms with Crippen LogP contribution in [-0.4, -0.2) is 79.0 Å². The highest BCUT2D eigenvalue weighted by Gasteiger charge is 2.34.